The number of amides is 1. The average molecular weight is 211 g/mol. The third-order valence-electron chi connectivity index (χ3n) is 4.10. The molecule has 1 N–H and O–H groups in total. The van der Waals surface area contributed by atoms with E-state index in [-0.39, 0.29) is 35.4 Å². The lowest BCUT2D eigenvalue weighted by Gasteiger charge is -2.32. The monoisotopic (exact) mass is 211 g/mol. The predicted octanol–water partition coefficient (Wildman–Crippen LogP) is 1.40. The smallest absolute Gasteiger partial charge is 0.229 e. The van der Waals surface area contributed by atoms with Gasteiger partial charge in [0, 0.05) is 24.1 Å². The van der Waals surface area contributed by atoms with Gasteiger partial charge in [0.05, 0.1) is 5.41 Å². The maximum Gasteiger partial charge on any atom is 0.229 e. The summed E-state index contributed by atoms with van der Waals surface area (Å²) in [7, 11) is 0. The van der Waals surface area contributed by atoms with E-state index in [1.165, 1.54) is 0 Å². The SMILES string of the molecule is CC(C)N(C(=O)C12CC1(CO)C2)C(C)C. The normalized spacial score (nSPS) is 36.7. The molecule has 2 aliphatic rings. The lowest BCUT2D eigenvalue weighted by molar-refractivity contribution is -0.138. The van der Waals surface area contributed by atoms with Crippen LogP contribution in [0.4, 0.5) is 0 Å². The number of hydrogen-bond acceptors (Lipinski definition) is 2. The van der Waals surface area contributed by atoms with Crippen molar-refractivity contribution in [2.24, 2.45) is 10.8 Å². The Morgan fingerprint density at radius 2 is 1.73 bits per heavy atom. The number of carbonyl (C=O) groups excluding carboxylic acids is 1. The molecule has 0 spiro atoms. The van der Waals surface area contributed by atoms with Crippen molar-refractivity contribution in [2.75, 3.05) is 6.61 Å². The lowest BCUT2D eigenvalue weighted by Crippen LogP contribution is -2.44. The van der Waals surface area contributed by atoms with Crippen molar-refractivity contribution in [3.8, 4) is 0 Å². The van der Waals surface area contributed by atoms with Crippen LogP contribution in [0.25, 0.3) is 0 Å². The van der Waals surface area contributed by atoms with E-state index in [0.29, 0.717) is 0 Å². The first-order valence-electron chi connectivity index (χ1n) is 5.84. The Morgan fingerprint density at radius 3 is 2.00 bits per heavy atom. The first-order chi connectivity index (χ1) is 6.90. The molecule has 0 unspecified atom stereocenters. The highest BCUT2D eigenvalue weighted by molar-refractivity contribution is 5.92. The van der Waals surface area contributed by atoms with E-state index in [9.17, 15) is 9.90 Å². The van der Waals surface area contributed by atoms with Gasteiger partial charge >= 0.3 is 0 Å². The first kappa shape index (κ1) is 10.9. The molecule has 86 valence electrons. The van der Waals surface area contributed by atoms with Crippen LogP contribution in [0.1, 0.15) is 40.5 Å². The molecule has 2 saturated carbocycles. The molecule has 0 aliphatic heterocycles. The van der Waals surface area contributed by atoms with Gasteiger partial charge in [0.25, 0.3) is 0 Å². The van der Waals surface area contributed by atoms with Crippen molar-refractivity contribution in [3.63, 3.8) is 0 Å². The van der Waals surface area contributed by atoms with Crippen molar-refractivity contribution in [1.29, 1.82) is 0 Å². The minimum atomic E-state index is -0.156. The van der Waals surface area contributed by atoms with Crippen LogP contribution in [0, 0.1) is 10.8 Å². The molecule has 1 amide bonds. The number of hydrogen-bond donors (Lipinski definition) is 1. The van der Waals surface area contributed by atoms with E-state index in [2.05, 4.69) is 27.7 Å². The highest BCUT2D eigenvalue weighted by Gasteiger charge is 2.87. The summed E-state index contributed by atoms with van der Waals surface area (Å²) < 4.78 is 0. The van der Waals surface area contributed by atoms with Crippen LogP contribution in [-0.2, 0) is 4.79 Å². The minimum absolute atomic E-state index is 0.00782. The van der Waals surface area contributed by atoms with Gasteiger partial charge in [-0.3, -0.25) is 4.79 Å². The van der Waals surface area contributed by atoms with Crippen molar-refractivity contribution >= 4 is 5.91 Å². The molecule has 0 radical (unpaired) electrons. The zero-order valence-corrected chi connectivity index (χ0v) is 10.1. The summed E-state index contributed by atoms with van der Waals surface area (Å²) in [4.78, 5) is 14.3. The van der Waals surface area contributed by atoms with E-state index >= 15 is 0 Å². The molecule has 2 aliphatic carbocycles. The summed E-state index contributed by atoms with van der Waals surface area (Å²) in [6.07, 6.45) is 1.82. The lowest BCUT2D eigenvalue weighted by atomic mass is 10.1. The average Bonchev–Trinajstić information content (AvgIpc) is 2.86. The zero-order chi connectivity index (χ0) is 11.4. The fourth-order valence-electron chi connectivity index (χ4n) is 2.97. The summed E-state index contributed by atoms with van der Waals surface area (Å²) in [6, 6.07) is 0.508. The summed E-state index contributed by atoms with van der Waals surface area (Å²) in [5, 5.41) is 9.21. The molecule has 0 aromatic rings. The number of fused-ring (bicyclic) bond motifs is 1. The Kier molecular flexibility index (Phi) is 2.16. The maximum absolute atomic E-state index is 12.3. The largest absolute Gasteiger partial charge is 0.396 e. The van der Waals surface area contributed by atoms with E-state index in [4.69, 9.17) is 0 Å². The van der Waals surface area contributed by atoms with E-state index in [0.717, 1.165) is 12.8 Å². The van der Waals surface area contributed by atoms with E-state index in [1.54, 1.807) is 0 Å². The molecule has 0 aromatic carbocycles. The van der Waals surface area contributed by atoms with Crippen molar-refractivity contribution < 1.29 is 9.90 Å². The highest BCUT2D eigenvalue weighted by Crippen LogP contribution is 2.86. The van der Waals surface area contributed by atoms with Crippen LogP contribution >= 0.6 is 0 Å². The predicted molar refractivity (Wildman–Crippen MR) is 58.3 cm³/mol. The Hall–Kier alpha value is -0.570. The second-order valence-corrected chi connectivity index (χ2v) is 5.77. The fraction of sp³-hybridized carbons (Fsp3) is 0.917. The number of aliphatic hydroxyl groups excluding tert-OH is 1. The molecular weight excluding hydrogens is 190 g/mol. The molecule has 2 fully saturated rings. The van der Waals surface area contributed by atoms with Gasteiger partial charge in [-0.05, 0) is 40.5 Å². The highest BCUT2D eigenvalue weighted by atomic mass is 16.3. The molecule has 0 aromatic heterocycles. The van der Waals surface area contributed by atoms with Gasteiger partial charge in [-0.25, -0.2) is 0 Å². The summed E-state index contributed by atoms with van der Waals surface area (Å²) in [5.74, 6) is 0.265. The van der Waals surface area contributed by atoms with Gasteiger partial charge < -0.3 is 10.0 Å². The third kappa shape index (κ3) is 1.25. The second kappa shape index (κ2) is 2.97. The Labute approximate surface area is 91.5 Å². The van der Waals surface area contributed by atoms with Crippen LogP contribution in [0.2, 0.25) is 0 Å². The van der Waals surface area contributed by atoms with E-state index < -0.39 is 0 Å². The minimum Gasteiger partial charge on any atom is -0.396 e. The van der Waals surface area contributed by atoms with Crippen LogP contribution in [0.5, 0.6) is 0 Å². The summed E-state index contributed by atoms with van der Waals surface area (Å²) in [6.45, 7) is 8.41. The Bertz CT molecular complexity index is 282. The third-order valence-corrected chi connectivity index (χ3v) is 4.10. The number of nitrogens with zero attached hydrogens (tertiary/aromatic N) is 1. The van der Waals surface area contributed by atoms with Gasteiger partial charge in [0.15, 0.2) is 0 Å². The number of carbonyl (C=O) groups is 1. The molecule has 0 bridgehead atoms. The molecule has 0 heterocycles. The van der Waals surface area contributed by atoms with Crippen LogP contribution < -0.4 is 0 Å². The topological polar surface area (TPSA) is 40.5 Å². The summed E-state index contributed by atoms with van der Waals surface area (Å²) in [5.41, 5.74) is -0.164. The van der Waals surface area contributed by atoms with Crippen molar-refractivity contribution in [3.05, 3.63) is 0 Å². The van der Waals surface area contributed by atoms with Gasteiger partial charge in [-0.2, -0.15) is 0 Å². The number of aliphatic hydroxyl groups is 1. The Morgan fingerprint density at radius 1 is 1.27 bits per heavy atom. The molecular formula is C12H21NO2. The van der Waals surface area contributed by atoms with Crippen molar-refractivity contribution in [1.82, 2.24) is 4.90 Å². The first-order valence-corrected chi connectivity index (χ1v) is 5.84. The van der Waals surface area contributed by atoms with Crippen molar-refractivity contribution in [2.45, 2.75) is 52.6 Å². The van der Waals surface area contributed by atoms with Gasteiger partial charge in [0.2, 0.25) is 5.91 Å². The molecule has 3 heteroatoms. The molecule has 2 rings (SSSR count). The van der Waals surface area contributed by atoms with Gasteiger partial charge in [-0.15, -0.1) is 0 Å². The fourth-order valence-corrected chi connectivity index (χ4v) is 2.97. The summed E-state index contributed by atoms with van der Waals surface area (Å²) >= 11 is 0. The van der Waals surface area contributed by atoms with E-state index in [1.807, 2.05) is 4.90 Å². The van der Waals surface area contributed by atoms with Gasteiger partial charge in [-0.1, -0.05) is 0 Å². The molecule has 3 nitrogen and oxygen atoms in total. The molecule has 0 saturated heterocycles. The molecule has 15 heavy (non-hydrogen) atoms. The Balaban J connectivity index is 2.09. The number of rotatable bonds is 4. The second-order valence-electron chi connectivity index (χ2n) is 5.77. The van der Waals surface area contributed by atoms with Crippen LogP contribution in [0.15, 0.2) is 0 Å². The van der Waals surface area contributed by atoms with Crippen LogP contribution in [0.3, 0.4) is 0 Å². The zero-order valence-electron chi connectivity index (χ0n) is 10.1. The van der Waals surface area contributed by atoms with Gasteiger partial charge in [0.1, 0.15) is 0 Å². The van der Waals surface area contributed by atoms with Crippen LogP contribution in [-0.4, -0.2) is 34.6 Å². The maximum atomic E-state index is 12.3. The quantitative estimate of drug-likeness (QED) is 0.763. The standard InChI is InChI=1S/C12H21NO2/c1-8(2)13(9(3)4)10(15)12-5-11(12,6-12)7-14/h8-9,14H,5-7H2,1-4H3. The molecule has 0 atom stereocenters.